The fraction of sp³-hybridized carbons (Fsp3) is 0.417. The van der Waals surface area contributed by atoms with Gasteiger partial charge >= 0.3 is 6.03 Å². The molecule has 0 radical (unpaired) electrons. The first-order valence-corrected chi connectivity index (χ1v) is 10.9. The van der Waals surface area contributed by atoms with Gasteiger partial charge in [-0.2, -0.15) is 0 Å². The maximum atomic E-state index is 12.9. The zero-order valence-electron chi connectivity index (χ0n) is 18.4. The van der Waals surface area contributed by atoms with Crippen LogP contribution in [0.15, 0.2) is 60.7 Å². The van der Waals surface area contributed by atoms with Gasteiger partial charge in [0.05, 0.1) is 0 Å². The zero-order chi connectivity index (χ0) is 22.1. The molecule has 0 aromatic heterocycles. The Hall–Kier alpha value is -2.90. The van der Waals surface area contributed by atoms with Crippen LogP contribution < -0.4 is 16.0 Å². The molecule has 1 saturated heterocycles. The molecule has 166 valence electrons. The van der Waals surface area contributed by atoms with Crippen LogP contribution in [-0.4, -0.2) is 68.1 Å². The summed E-state index contributed by atoms with van der Waals surface area (Å²) in [6.45, 7) is 4.01. The number of likely N-dealkylation sites (N-methyl/N-ethyl adjacent to an activating group) is 1. The Labute approximate surface area is 184 Å². The summed E-state index contributed by atoms with van der Waals surface area (Å²) in [7, 11) is 4.16. The van der Waals surface area contributed by atoms with Crippen molar-refractivity contribution in [3.63, 3.8) is 0 Å². The van der Waals surface area contributed by atoms with Gasteiger partial charge in [-0.15, -0.1) is 0 Å². The molecule has 0 bridgehead atoms. The number of piperidine rings is 1. The van der Waals surface area contributed by atoms with E-state index in [2.05, 4.69) is 39.8 Å². The quantitative estimate of drug-likeness (QED) is 0.610. The number of hydrogen-bond acceptors (Lipinski definition) is 4. The fourth-order valence-corrected chi connectivity index (χ4v) is 3.68. The number of amides is 3. The number of para-hydroxylation sites is 1. The molecule has 0 saturated carbocycles. The summed E-state index contributed by atoms with van der Waals surface area (Å²) in [6, 6.07) is 17.6. The highest BCUT2D eigenvalue weighted by Gasteiger charge is 2.25. The van der Waals surface area contributed by atoms with Crippen LogP contribution in [0.3, 0.4) is 0 Å². The van der Waals surface area contributed by atoms with E-state index in [1.165, 1.54) is 0 Å². The first-order chi connectivity index (χ1) is 15.0. The van der Waals surface area contributed by atoms with Gasteiger partial charge in [0.15, 0.2) is 0 Å². The summed E-state index contributed by atoms with van der Waals surface area (Å²) in [6.07, 6.45) is 1.82. The molecule has 7 heteroatoms. The van der Waals surface area contributed by atoms with E-state index < -0.39 is 6.04 Å². The molecule has 1 atom stereocenters. The molecule has 7 nitrogen and oxygen atoms in total. The molecule has 0 aliphatic carbocycles. The lowest BCUT2D eigenvalue weighted by Crippen LogP contribution is -2.50. The molecule has 3 N–H and O–H groups in total. The largest absolute Gasteiger partial charge is 0.335 e. The Kier molecular flexibility index (Phi) is 8.44. The van der Waals surface area contributed by atoms with E-state index in [4.69, 9.17) is 0 Å². The van der Waals surface area contributed by atoms with Crippen molar-refractivity contribution in [1.29, 1.82) is 0 Å². The van der Waals surface area contributed by atoms with Gasteiger partial charge in [-0.25, -0.2) is 4.79 Å². The molecule has 31 heavy (non-hydrogen) atoms. The van der Waals surface area contributed by atoms with Gasteiger partial charge in [0.25, 0.3) is 5.91 Å². The number of carbonyl (C=O) groups is 2. The van der Waals surface area contributed by atoms with Crippen LogP contribution in [-0.2, 0) is 4.79 Å². The number of benzene rings is 2. The van der Waals surface area contributed by atoms with Gasteiger partial charge in [0.2, 0.25) is 0 Å². The van der Waals surface area contributed by atoms with Crippen LogP contribution >= 0.6 is 0 Å². The van der Waals surface area contributed by atoms with Crippen LogP contribution in [0.4, 0.5) is 10.5 Å². The Morgan fingerprint density at radius 1 is 1.00 bits per heavy atom. The number of hydrogen-bond donors (Lipinski definition) is 3. The zero-order valence-corrected chi connectivity index (χ0v) is 18.4. The third kappa shape index (κ3) is 7.38. The monoisotopic (exact) mass is 423 g/mol. The van der Waals surface area contributed by atoms with Crippen LogP contribution in [0.25, 0.3) is 0 Å². The van der Waals surface area contributed by atoms with Crippen molar-refractivity contribution in [2.45, 2.75) is 24.9 Å². The number of carbonyl (C=O) groups excluding carboxylic acids is 2. The van der Waals surface area contributed by atoms with Crippen molar-refractivity contribution < 1.29 is 9.59 Å². The molecule has 1 fully saturated rings. The predicted octanol–water partition coefficient (Wildman–Crippen LogP) is 2.69. The van der Waals surface area contributed by atoms with E-state index in [1.54, 1.807) is 0 Å². The summed E-state index contributed by atoms with van der Waals surface area (Å²) in [4.78, 5) is 30.3. The SMILES string of the molecule is CN(C)CCN1CCC(NC(=O)NC(C(=O)Nc2ccccc2)c2ccccc2)CC1. The number of rotatable bonds is 8. The minimum Gasteiger partial charge on any atom is -0.335 e. The van der Waals surface area contributed by atoms with E-state index in [1.807, 2.05) is 60.7 Å². The third-order valence-corrected chi connectivity index (χ3v) is 5.50. The lowest BCUT2D eigenvalue weighted by molar-refractivity contribution is -0.118. The topological polar surface area (TPSA) is 76.7 Å². The second-order valence-electron chi connectivity index (χ2n) is 8.24. The van der Waals surface area contributed by atoms with Crippen molar-refractivity contribution in [3.05, 3.63) is 66.2 Å². The van der Waals surface area contributed by atoms with Gasteiger partial charge in [-0.05, 0) is 44.6 Å². The summed E-state index contributed by atoms with van der Waals surface area (Å²) >= 11 is 0. The molecule has 1 aliphatic heterocycles. The van der Waals surface area contributed by atoms with E-state index in [0.29, 0.717) is 5.69 Å². The maximum absolute atomic E-state index is 12.9. The second kappa shape index (κ2) is 11.5. The highest BCUT2D eigenvalue weighted by atomic mass is 16.2. The standard InChI is InChI=1S/C24H33N5O2/c1-28(2)17-18-29-15-13-21(14-16-29)26-24(31)27-22(19-9-5-3-6-10-19)23(30)25-20-11-7-4-8-12-20/h3-12,21-22H,13-18H2,1-2H3,(H,25,30)(H2,26,27,31). The van der Waals surface area contributed by atoms with Crippen LogP contribution in [0.5, 0.6) is 0 Å². The van der Waals surface area contributed by atoms with E-state index in [-0.39, 0.29) is 18.0 Å². The lowest BCUT2D eigenvalue weighted by atomic mass is 10.0. The van der Waals surface area contributed by atoms with Crippen molar-refractivity contribution >= 4 is 17.6 Å². The van der Waals surface area contributed by atoms with Crippen molar-refractivity contribution in [2.24, 2.45) is 0 Å². The van der Waals surface area contributed by atoms with Crippen molar-refractivity contribution in [1.82, 2.24) is 20.4 Å². The van der Waals surface area contributed by atoms with Gasteiger partial charge in [0.1, 0.15) is 6.04 Å². The van der Waals surface area contributed by atoms with E-state index >= 15 is 0 Å². The van der Waals surface area contributed by atoms with Gasteiger partial charge in [-0.1, -0.05) is 48.5 Å². The summed E-state index contributed by atoms with van der Waals surface area (Å²) < 4.78 is 0. The minimum atomic E-state index is -0.776. The first-order valence-electron chi connectivity index (χ1n) is 10.9. The van der Waals surface area contributed by atoms with Gasteiger partial charge < -0.3 is 25.8 Å². The molecule has 0 spiro atoms. The molecule has 1 heterocycles. The number of urea groups is 1. The smallest absolute Gasteiger partial charge is 0.315 e. The fourth-order valence-electron chi connectivity index (χ4n) is 3.68. The van der Waals surface area contributed by atoms with Gasteiger partial charge in [-0.3, -0.25) is 4.79 Å². The van der Waals surface area contributed by atoms with Crippen molar-refractivity contribution in [3.8, 4) is 0 Å². The van der Waals surface area contributed by atoms with E-state index in [0.717, 1.165) is 44.6 Å². The van der Waals surface area contributed by atoms with Crippen LogP contribution in [0.1, 0.15) is 24.4 Å². The summed E-state index contributed by atoms with van der Waals surface area (Å²) in [5.74, 6) is -0.272. The Balaban J connectivity index is 1.56. The van der Waals surface area contributed by atoms with E-state index in [9.17, 15) is 9.59 Å². The normalized spacial score (nSPS) is 16.0. The number of nitrogens with one attached hydrogen (secondary N) is 3. The Morgan fingerprint density at radius 3 is 2.23 bits per heavy atom. The average Bonchev–Trinajstić information content (AvgIpc) is 2.78. The Morgan fingerprint density at radius 2 is 1.61 bits per heavy atom. The molecule has 2 aromatic rings. The summed E-state index contributed by atoms with van der Waals surface area (Å²) in [5, 5.41) is 8.81. The van der Waals surface area contributed by atoms with Crippen molar-refractivity contribution in [2.75, 3.05) is 45.6 Å². The number of nitrogens with zero attached hydrogens (tertiary/aromatic N) is 2. The third-order valence-electron chi connectivity index (χ3n) is 5.50. The number of likely N-dealkylation sites (tertiary alicyclic amines) is 1. The second-order valence-corrected chi connectivity index (χ2v) is 8.24. The Bertz CT molecular complexity index is 820. The summed E-state index contributed by atoms with van der Waals surface area (Å²) in [5.41, 5.74) is 1.44. The first kappa shape index (κ1) is 22.8. The average molecular weight is 424 g/mol. The maximum Gasteiger partial charge on any atom is 0.315 e. The predicted molar refractivity (Wildman–Crippen MR) is 124 cm³/mol. The van der Waals surface area contributed by atoms with Crippen LogP contribution in [0, 0.1) is 0 Å². The number of anilines is 1. The highest BCUT2D eigenvalue weighted by Crippen LogP contribution is 2.17. The highest BCUT2D eigenvalue weighted by molar-refractivity contribution is 5.97. The lowest BCUT2D eigenvalue weighted by Gasteiger charge is -2.33. The molecule has 3 amide bonds. The molecule has 3 rings (SSSR count). The molecule has 2 aromatic carbocycles. The molecule has 1 unspecified atom stereocenters. The molecular formula is C24H33N5O2. The van der Waals surface area contributed by atoms with Gasteiger partial charge in [0, 0.05) is 37.9 Å². The molecular weight excluding hydrogens is 390 g/mol. The minimum absolute atomic E-state index is 0.115. The molecule has 1 aliphatic rings. The van der Waals surface area contributed by atoms with Crippen LogP contribution in [0.2, 0.25) is 0 Å².